The SMILES string of the molecule is C1=NC=C2C1=CN=C2c1cocn1. The number of aromatic nitrogens is 1. The minimum absolute atomic E-state index is 0.753. The van der Waals surface area contributed by atoms with Crippen LogP contribution in [0.15, 0.2) is 50.6 Å². The molecule has 4 nitrogen and oxygen atoms in total. The molecule has 0 aromatic carbocycles. The number of hydrogen-bond donors (Lipinski definition) is 0. The Balaban J connectivity index is 2.07. The van der Waals surface area contributed by atoms with Gasteiger partial charge in [-0.15, -0.1) is 0 Å². The Bertz CT molecular complexity index is 463. The molecule has 0 unspecified atom stereocenters. The van der Waals surface area contributed by atoms with Gasteiger partial charge in [-0.1, -0.05) is 0 Å². The Kier molecular flexibility index (Phi) is 1.14. The second-order valence-corrected chi connectivity index (χ2v) is 2.76. The van der Waals surface area contributed by atoms with E-state index >= 15 is 0 Å². The van der Waals surface area contributed by atoms with Gasteiger partial charge in [0.25, 0.3) is 0 Å². The molecule has 13 heavy (non-hydrogen) atoms. The maximum absolute atomic E-state index is 4.89. The van der Waals surface area contributed by atoms with Crippen molar-refractivity contribution in [2.75, 3.05) is 0 Å². The number of fused-ring (bicyclic) bond motifs is 1. The number of allylic oxidation sites excluding steroid dienone is 2. The minimum Gasteiger partial charge on any atom is -0.451 e. The van der Waals surface area contributed by atoms with Crippen LogP contribution in [-0.2, 0) is 0 Å². The van der Waals surface area contributed by atoms with Gasteiger partial charge in [0.1, 0.15) is 17.7 Å². The van der Waals surface area contributed by atoms with Crippen LogP contribution < -0.4 is 0 Å². The first-order valence-electron chi connectivity index (χ1n) is 3.86. The van der Waals surface area contributed by atoms with Crippen LogP contribution in [0.1, 0.15) is 5.69 Å². The lowest BCUT2D eigenvalue weighted by Crippen LogP contribution is -2.01. The normalized spacial score (nSPS) is 18.3. The van der Waals surface area contributed by atoms with Crippen LogP contribution in [0.2, 0.25) is 0 Å². The van der Waals surface area contributed by atoms with E-state index in [-0.39, 0.29) is 0 Å². The summed E-state index contributed by atoms with van der Waals surface area (Å²) in [6, 6.07) is 0. The maximum atomic E-state index is 4.89. The highest BCUT2D eigenvalue weighted by Crippen LogP contribution is 2.24. The zero-order valence-corrected chi connectivity index (χ0v) is 6.64. The highest BCUT2D eigenvalue weighted by Gasteiger charge is 2.22. The van der Waals surface area contributed by atoms with Crippen LogP contribution in [0.3, 0.4) is 0 Å². The van der Waals surface area contributed by atoms with Crippen molar-refractivity contribution in [3.05, 3.63) is 41.9 Å². The van der Waals surface area contributed by atoms with Crippen LogP contribution in [0.5, 0.6) is 0 Å². The van der Waals surface area contributed by atoms with Gasteiger partial charge in [-0.05, 0) is 0 Å². The first-order chi connectivity index (χ1) is 6.45. The molecule has 2 aliphatic heterocycles. The molecule has 0 radical (unpaired) electrons. The number of aliphatic imine (C=N–C) groups is 2. The lowest BCUT2D eigenvalue weighted by Gasteiger charge is -1.95. The van der Waals surface area contributed by atoms with E-state index < -0.39 is 0 Å². The number of rotatable bonds is 1. The summed E-state index contributed by atoms with van der Waals surface area (Å²) in [5, 5.41) is 0. The summed E-state index contributed by atoms with van der Waals surface area (Å²) in [5.74, 6) is 0. The van der Waals surface area contributed by atoms with E-state index in [9.17, 15) is 0 Å². The fraction of sp³-hybridized carbons (Fsp3) is 0. The molecule has 2 aliphatic rings. The van der Waals surface area contributed by atoms with E-state index in [2.05, 4.69) is 15.0 Å². The molecule has 62 valence electrons. The maximum Gasteiger partial charge on any atom is 0.181 e. The van der Waals surface area contributed by atoms with Crippen LogP contribution in [0.25, 0.3) is 0 Å². The van der Waals surface area contributed by atoms with Crippen LogP contribution >= 0.6 is 0 Å². The Labute approximate surface area is 74.0 Å². The van der Waals surface area contributed by atoms with Gasteiger partial charge in [0.2, 0.25) is 0 Å². The average molecular weight is 171 g/mol. The van der Waals surface area contributed by atoms with Crippen LogP contribution in [-0.4, -0.2) is 16.9 Å². The molecule has 0 atom stereocenters. The molecule has 1 aromatic heterocycles. The minimum atomic E-state index is 0.753. The van der Waals surface area contributed by atoms with Crippen LogP contribution in [0.4, 0.5) is 0 Å². The zero-order valence-electron chi connectivity index (χ0n) is 6.64. The topological polar surface area (TPSA) is 50.8 Å². The predicted octanol–water partition coefficient (Wildman–Crippen LogP) is 1.33. The van der Waals surface area contributed by atoms with Gasteiger partial charge in [0, 0.05) is 29.8 Å². The van der Waals surface area contributed by atoms with E-state index in [1.165, 1.54) is 6.39 Å². The van der Waals surface area contributed by atoms with Crippen LogP contribution in [0, 0.1) is 0 Å². The van der Waals surface area contributed by atoms with E-state index in [0.29, 0.717) is 0 Å². The summed E-state index contributed by atoms with van der Waals surface area (Å²) in [5.41, 5.74) is 3.65. The second-order valence-electron chi connectivity index (χ2n) is 2.76. The molecule has 4 heteroatoms. The Morgan fingerprint density at radius 3 is 3.08 bits per heavy atom. The second kappa shape index (κ2) is 2.26. The number of hydrogen-bond acceptors (Lipinski definition) is 4. The van der Waals surface area contributed by atoms with Crippen molar-refractivity contribution in [3.8, 4) is 0 Å². The van der Waals surface area contributed by atoms with Gasteiger partial charge in [-0.2, -0.15) is 0 Å². The molecular formula is C9H5N3O. The Morgan fingerprint density at radius 1 is 1.23 bits per heavy atom. The van der Waals surface area contributed by atoms with Crippen molar-refractivity contribution in [1.82, 2.24) is 4.98 Å². The molecule has 0 saturated carbocycles. The molecule has 0 aliphatic carbocycles. The molecule has 0 bridgehead atoms. The molecule has 3 heterocycles. The van der Waals surface area contributed by atoms with Crippen molar-refractivity contribution >= 4 is 11.9 Å². The summed E-state index contributed by atoms with van der Waals surface area (Å²) in [6.07, 6.45) is 8.32. The summed E-state index contributed by atoms with van der Waals surface area (Å²) >= 11 is 0. The summed E-state index contributed by atoms with van der Waals surface area (Å²) < 4.78 is 4.89. The monoisotopic (exact) mass is 171 g/mol. The lowest BCUT2D eigenvalue weighted by molar-refractivity contribution is 0.557. The summed E-state index contributed by atoms with van der Waals surface area (Å²) in [6.45, 7) is 0. The quantitative estimate of drug-likeness (QED) is 0.640. The zero-order chi connectivity index (χ0) is 8.67. The molecular weight excluding hydrogens is 166 g/mol. The summed E-state index contributed by atoms with van der Waals surface area (Å²) in [7, 11) is 0. The highest BCUT2D eigenvalue weighted by atomic mass is 16.3. The van der Waals surface area contributed by atoms with Gasteiger partial charge in [0.15, 0.2) is 6.39 Å². The molecule has 0 spiro atoms. The third-order valence-corrected chi connectivity index (χ3v) is 1.99. The smallest absolute Gasteiger partial charge is 0.181 e. The third kappa shape index (κ3) is 0.823. The molecule has 0 saturated heterocycles. The van der Waals surface area contributed by atoms with Gasteiger partial charge in [-0.3, -0.25) is 9.98 Å². The molecule has 0 fully saturated rings. The average Bonchev–Trinajstić information content (AvgIpc) is 2.79. The highest BCUT2D eigenvalue weighted by molar-refractivity contribution is 6.21. The standard InChI is InChI=1S/C9H5N3O/c1-6-2-11-9(7(6)3-10-1)8-4-13-5-12-8/h1-5H. The molecule has 1 aromatic rings. The van der Waals surface area contributed by atoms with E-state index in [0.717, 1.165) is 22.6 Å². The van der Waals surface area contributed by atoms with E-state index in [1.807, 2.05) is 0 Å². The van der Waals surface area contributed by atoms with Crippen molar-refractivity contribution in [1.29, 1.82) is 0 Å². The number of nitrogens with zero attached hydrogens (tertiary/aromatic N) is 3. The Morgan fingerprint density at radius 2 is 2.23 bits per heavy atom. The van der Waals surface area contributed by atoms with E-state index in [1.54, 1.807) is 24.9 Å². The summed E-state index contributed by atoms with van der Waals surface area (Å²) in [4.78, 5) is 12.3. The van der Waals surface area contributed by atoms with Crippen molar-refractivity contribution in [2.24, 2.45) is 9.98 Å². The Hall–Kier alpha value is -1.97. The largest absolute Gasteiger partial charge is 0.451 e. The number of oxazole rings is 1. The molecule has 3 rings (SSSR count). The van der Waals surface area contributed by atoms with E-state index in [4.69, 9.17) is 4.42 Å². The molecule has 0 N–H and O–H groups in total. The fourth-order valence-corrected chi connectivity index (χ4v) is 1.37. The van der Waals surface area contributed by atoms with Gasteiger partial charge < -0.3 is 4.42 Å². The van der Waals surface area contributed by atoms with Gasteiger partial charge in [0.05, 0.1) is 0 Å². The lowest BCUT2D eigenvalue weighted by atomic mass is 10.1. The predicted molar refractivity (Wildman–Crippen MR) is 47.7 cm³/mol. The molecule has 0 amide bonds. The third-order valence-electron chi connectivity index (χ3n) is 1.99. The van der Waals surface area contributed by atoms with Crippen molar-refractivity contribution in [2.45, 2.75) is 0 Å². The van der Waals surface area contributed by atoms with Gasteiger partial charge >= 0.3 is 0 Å². The van der Waals surface area contributed by atoms with Gasteiger partial charge in [-0.25, -0.2) is 4.98 Å². The van der Waals surface area contributed by atoms with Crippen molar-refractivity contribution < 1.29 is 4.42 Å². The first kappa shape index (κ1) is 6.54. The fourth-order valence-electron chi connectivity index (χ4n) is 1.37. The first-order valence-corrected chi connectivity index (χ1v) is 3.86. The van der Waals surface area contributed by atoms with Crippen molar-refractivity contribution in [3.63, 3.8) is 0 Å².